The van der Waals surface area contributed by atoms with Crippen LogP contribution in [0.15, 0.2) is 35.3 Å². The van der Waals surface area contributed by atoms with Crippen molar-refractivity contribution < 1.29 is 19.1 Å². The Morgan fingerprint density at radius 2 is 2.15 bits per heavy atom. The van der Waals surface area contributed by atoms with Gasteiger partial charge in [0, 0.05) is 6.20 Å². The largest absolute Gasteiger partial charge is 0.495 e. The standard InChI is InChI=1S/C18H20N4O4/c1-10(2)6-14(22-18(23)24)17-20-7-12-13(21-17)5-4-11(16(12)25-3)15-8-19-9-26-15/h4-5,7-10,14,22H,6H2,1-3H3,(H,23,24). The maximum absolute atomic E-state index is 11.1. The number of hydrogen-bond acceptors (Lipinski definition) is 6. The molecule has 2 heterocycles. The number of fused-ring (bicyclic) bond motifs is 1. The van der Waals surface area contributed by atoms with Crippen molar-refractivity contribution in [3.63, 3.8) is 0 Å². The number of nitrogens with one attached hydrogen (secondary N) is 1. The van der Waals surface area contributed by atoms with Gasteiger partial charge in [0.25, 0.3) is 0 Å². The van der Waals surface area contributed by atoms with E-state index in [2.05, 4.69) is 20.3 Å². The van der Waals surface area contributed by atoms with Crippen molar-refractivity contribution in [3.05, 3.63) is 36.7 Å². The van der Waals surface area contributed by atoms with E-state index in [-0.39, 0.29) is 5.92 Å². The highest BCUT2D eigenvalue weighted by molar-refractivity contribution is 5.91. The summed E-state index contributed by atoms with van der Waals surface area (Å²) >= 11 is 0. The van der Waals surface area contributed by atoms with Gasteiger partial charge in [-0.25, -0.2) is 19.7 Å². The van der Waals surface area contributed by atoms with Gasteiger partial charge in [0.2, 0.25) is 0 Å². The highest BCUT2D eigenvalue weighted by Crippen LogP contribution is 2.36. The van der Waals surface area contributed by atoms with Gasteiger partial charge in [0.1, 0.15) is 5.75 Å². The average molecular weight is 356 g/mol. The van der Waals surface area contributed by atoms with Gasteiger partial charge >= 0.3 is 6.09 Å². The summed E-state index contributed by atoms with van der Waals surface area (Å²) in [6, 6.07) is 3.19. The minimum atomic E-state index is -1.10. The van der Waals surface area contributed by atoms with Crippen molar-refractivity contribution in [2.24, 2.45) is 5.92 Å². The van der Waals surface area contributed by atoms with E-state index in [0.29, 0.717) is 34.7 Å². The molecule has 0 fully saturated rings. The number of ether oxygens (including phenoxy) is 1. The molecule has 26 heavy (non-hydrogen) atoms. The number of carboxylic acid groups (broad SMARTS) is 1. The summed E-state index contributed by atoms with van der Waals surface area (Å²) in [4.78, 5) is 24.0. The molecule has 0 aliphatic rings. The third-order valence-electron chi connectivity index (χ3n) is 3.95. The Morgan fingerprint density at radius 1 is 1.35 bits per heavy atom. The van der Waals surface area contributed by atoms with E-state index in [9.17, 15) is 4.79 Å². The van der Waals surface area contributed by atoms with Gasteiger partial charge in [-0.1, -0.05) is 13.8 Å². The minimum absolute atomic E-state index is 0.287. The molecule has 1 aromatic carbocycles. The lowest BCUT2D eigenvalue weighted by atomic mass is 10.0. The number of carbonyl (C=O) groups is 1. The molecule has 0 spiro atoms. The number of methoxy groups -OCH3 is 1. The van der Waals surface area contributed by atoms with Crippen molar-refractivity contribution in [3.8, 4) is 17.1 Å². The maximum Gasteiger partial charge on any atom is 0.405 e. The highest BCUT2D eigenvalue weighted by Gasteiger charge is 2.20. The first-order chi connectivity index (χ1) is 12.5. The number of hydrogen-bond donors (Lipinski definition) is 2. The van der Waals surface area contributed by atoms with E-state index in [1.54, 1.807) is 19.5 Å². The van der Waals surface area contributed by atoms with Crippen LogP contribution in [0.3, 0.4) is 0 Å². The quantitative estimate of drug-likeness (QED) is 0.693. The third kappa shape index (κ3) is 3.58. The zero-order chi connectivity index (χ0) is 18.7. The van der Waals surface area contributed by atoms with E-state index < -0.39 is 12.1 Å². The van der Waals surface area contributed by atoms with Crippen molar-refractivity contribution in [1.82, 2.24) is 20.3 Å². The van der Waals surface area contributed by atoms with Crippen LogP contribution < -0.4 is 10.1 Å². The van der Waals surface area contributed by atoms with Gasteiger partial charge in [-0.05, 0) is 24.5 Å². The Labute approximate surface area is 150 Å². The number of benzene rings is 1. The Morgan fingerprint density at radius 3 is 2.77 bits per heavy atom. The predicted octanol–water partition coefficient (Wildman–Crippen LogP) is 3.65. The van der Waals surface area contributed by atoms with E-state index in [4.69, 9.17) is 14.3 Å². The lowest BCUT2D eigenvalue weighted by Crippen LogP contribution is -2.29. The fraction of sp³-hybridized carbons (Fsp3) is 0.333. The number of amides is 1. The first kappa shape index (κ1) is 17.7. The van der Waals surface area contributed by atoms with Crippen LogP contribution in [0.4, 0.5) is 4.79 Å². The van der Waals surface area contributed by atoms with Crippen LogP contribution in [0.1, 0.15) is 32.1 Å². The predicted molar refractivity (Wildman–Crippen MR) is 94.9 cm³/mol. The summed E-state index contributed by atoms with van der Waals surface area (Å²) in [5.41, 5.74) is 1.41. The Balaban J connectivity index is 2.06. The van der Waals surface area contributed by atoms with Crippen molar-refractivity contribution in [2.45, 2.75) is 26.3 Å². The van der Waals surface area contributed by atoms with Gasteiger partial charge in [-0.3, -0.25) is 0 Å². The van der Waals surface area contributed by atoms with Crippen molar-refractivity contribution in [1.29, 1.82) is 0 Å². The lowest BCUT2D eigenvalue weighted by molar-refractivity contribution is 0.187. The van der Waals surface area contributed by atoms with Crippen molar-refractivity contribution in [2.75, 3.05) is 7.11 Å². The first-order valence-electron chi connectivity index (χ1n) is 8.21. The summed E-state index contributed by atoms with van der Waals surface area (Å²) in [7, 11) is 1.57. The molecule has 3 rings (SSSR count). The summed E-state index contributed by atoms with van der Waals surface area (Å²) < 4.78 is 10.9. The monoisotopic (exact) mass is 356 g/mol. The zero-order valence-corrected chi connectivity index (χ0v) is 14.8. The molecule has 0 aliphatic heterocycles. The molecule has 0 saturated carbocycles. The Hall–Kier alpha value is -3.16. The van der Waals surface area contributed by atoms with E-state index in [1.807, 2.05) is 26.0 Å². The summed E-state index contributed by atoms with van der Waals surface area (Å²) in [5.74, 6) is 1.88. The molecule has 0 bridgehead atoms. The van der Waals surface area contributed by atoms with Crippen LogP contribution in [-0.4, -0.2) is 33.3 Å². The average Bonchev–Trinajstić information content (AvgIpc) is 3.13. The second-order valence-corrected chi connectivity index (χ2v) is 6.30. The molecule has 1 atom stereocenters. The molecule has 2 N–H and O–H groups in total. The van der Waals surface area contributed by atoms with Crippen LogP contribution in [0.25, 0.3) is 22.2 Å². The van der Waals surface area contributed by atoms with Gasteiger partial charge in [0.05, 0.1) is 35.8 Å². The minimum Gasteiger partial charge on any atom is -0.495 e. The van der Waals surface area contributed by atoms with E-state index in [0.717, 1.165) is 5.56 Å². The Kier molecular flexibility index (Phi) is 5.01. The fourth-order valence-corrected chi connectivity index (χ4v) is 2.87. The molecule has 1 amide bonds. The summed E-state index contributed by atoms with van der Waals surface area (Å²) in [5, 5.41) is 12.3. The molecule has 0 aliphatic carbocycles. The molecular weight excluding hydrogens is 336 g/mol. The van der Waals surface area contributed by atoms with Crippen molar-refractivity contribution >= 4 is 17.0 Å². The topological polar surface area (TPSA) is 110 Å². The number of nitrogens with zero attached hydrogens (tertiary/aromatic N) is 3. The molecule has 0 saturated heterocycles. The molecule has 8 nitrogen and oxygen atoms in total. The van der Waals surface area contributed by atoms with Crippen LogP contribution in [-0.2, 0) is 0 Å². The number of oxazole rings is 1. The second-order valence-electron chi connectivity index (χ2n) is 6.30. The smallest absolute Gasteiger partial charge is 0.405 e. The van der Waals surface area contributed by atoms with Gasteiger partial charge in [-0.2, -0.15) is 0 Å². The van der Waals surface area contributed by atoms with Crippen LogP contribution in [0.5, 0.6) is 5.75 Å². The molecule has 8 heteroatoms. The molecule has 2 aromatic heterocycles. The maximum atomic E-state index is 11.1. The van der Waals surface area contributed by atoms with Crippen LogP contribution >= 0.6 is 0 Å². The molecule has 3 aromatic rings. The number of rotatable bonds is 6. The molecule has 1 unspecified atom stereocenters. The first-order valence-corrected chi connectivity index (χ1v) is 8.21. The molecule has 136 valence electrons. The number of aromatic nitrogens is 3. The van der Waals surface area contributed by atoms with Crippen LogP contribution in [0.2, 0.25) is 0 Å². The molecule has 0 radical (unpaired) electrons. The zero-order valence-electron chi connectivity index (χ0n) is 14.8. The van der Waals surface area contributed by atoms with Gasteiger partial charge in [-0.15, -0.1) is 0 Å². The SMILES string of the molecule is COc1c(-c2cnco2)ccc2nc(C(CC(C)C)NC(=O)O)ncc12. The fourth-order valence-electron chi connectivity index (χ4n) is 2.87. The van der Waals surface area contributed by atoms with E-state index >= 15 is 0 Å². The Bertz CT molecular complexity index is 909. The van der Waals surface area contributed by atoms with Gasteiger partial charge < -0.3 is 19.6 Å². The lowest BCUT2D eigenvalue weighted by Gasteiger charge is -2.18. The third-order valence-corrected chi connectivity index (χ3v) is 3.95. The van der Waals surface area contributed by atoms with E-state index in [1.165, 1.54) is 6.39 Å². The highest BCUT2D eigenvalue weighted by atomic mass is 16.5. The summed E-state index contributed by atoms with van der Waals surface area (Å²) in [6.07, 6.45) is 4.11. The molecular formula is C18H20N4O4. The van der Waals surface area contributed by atoms with Gasteiger partial charge in [0.15, 0.2) is 18.0 Å². The normalized spacial score (nSPS) is 12.3. The van der Waals surface area contributed by atoms with Crippen LogP contribution in [0, 0.1) is 5.92 Å². The summed E-state index contributed by atoms with van der Waals surface area (Å²) in [6.45, 7) is 4.04. The second kappa shape index (κ2) is 7.38.